The number of nitrogens with one attached hydrogen (secondary N) is 1. The van der Waals surface area contributed by atoms with Crippen LogP contribution in [0.3, 0.4) is 0 Å². The van der Waals surface area contributed by atoms with Gasteiger partial charge in [-0.25, -0.2) is 8.78 Å². The Morgan fingerprint density at radius 2 is 1.94 bits per heavy atom. The van der Waals surface area contributed by atoms with Crippen LogP contribution in [-0.4, -0.2) is 87.1 Å². The number of carbonyl (C=O) groups is 3. The molecular formula is C21H28F2N4O4. The van der Waals surface area contributed by atoms with E-state index in [1.807, 2.05) is 4.90 Å². The Morgan fingerprint density at radius 1 is 1.19 bits per heavy atom. The average molecular weight is 438 g/mol. The number of hydrogen-bond acceptors (Lipinski definition) is 5. The van der Waals surface area contributed by atoms with Crippen LogP contribution in [0.5, 0.6) is 0 Å². The molecule has 3 amide bonds. The van der Waals surface area contributed by atoms with Gasteiger partial charge in [-0.05, 0) is 18.6 Å². The number of ether oxygens (including phenoxy) is 1. The second kappa shape index (κ2) is 10.6. The van der Waals surface area contributed by atoms with Crippen molar-refractivity contribution in [2.75, 3.05) is 64.4 Å². The van der Waals surface area contributed by atoms with Crippen molar-refractivity contribution in [3.63, 3.8) is 0 Å². The summed E-state index contributed by atoms with van der Waals surface area (Å²) in [4.78, 5) is 42.1. The largest absolute Gasteiger partial charge is 0.385 e. The standard InChI is InChI=1S/C21H28F2N4O4/c1-31-10-2-5-24-19(28)14-25-6-8-26(9-7-25)21(30)15-11-20(29)27(13-15)18-4-3-16(22)12-17(18)23/h3-4,12,15H,2,5-11,13-14H2,1H3,(H,24,28). The molecule has 1 aromatic carbocycles. The molecule has 1 unspecified atom stereocenters. The highest BCUT2D eigenvalue weighted by Crippen LogP contribution is 2.29. The number of carbonyl (C=O) groups excluding carboxylic acids is 3. The molecule has 3 rings (SSSR count). The number of hydrogen-bond donors (Lipinski definition) is 1. The minimum atomic E-state index is -0.824. The molecule has 0 aliphatic carbocycles. The Bertz CT molecular complexity index is 815. The molecule has 0 radical (unpaired) electrons. The topological polar surface area (TPSA) is 82.2 Å². The Hall–Kier alpha value is -2.59. The van der Waals surface area contributed by atoms with E-state index in [9.17, 15) is 23.2 Å². The van der Waals surface area contributed by atoms with E-state index in [0.717, 1.165) is 18.6 Å². The van der Waals surface area contributed by atoms with Gasteiger partial charge in [0.1, 0.15) is 11.6 Å². The highest BCUT2D eigenvalue weighted by molar-refractivity contribution is 6.00. The summed E-state index contributed by atoms with van der Waals surface area (Å²) in [5.41, 5.74) is -0.0111. The lowest BCUT2D eigenvalue weighted by Crippen LogP contribution is -2.52. The van der Waals surface area contributed by atoms with Gasteiger partial charge in [-0.2, -0.15) is 0 Å². The summed E-state index contributed by atoms with van der Waals surface area (Å²) < 4.78 is 32.1. The average Bonchev–Trinajstić information content (AvgIpc) is 3.12. The molecule has 1 N–H and O–H groups in total. The van der Waals surface area contributed by atoms with Gasteiger partial charge < -0.3 is 19.9 Å². The molecule has 2 fully saturated rings. The molecule has 0 spiro atoms. The summed E-state index contributed by atoms with van der Waals surface area (Å²) in [6, 6.07) is 3.03. The predicted octanol–water partition coefficient (Wildman–Crippen LogP) is 0.615. The molecule has 2 aliphatic heterocycles. The smallest absolute Gasteiger partial charge is 0.234 e. The Morgan fingerprint density at radius 3 is 2.61 bits per heavy atom. The molecule has 10 heteroatoms. The van der Waals surface area contributed by atoms with Crippen molar-refractivity contribution in [3.05, 3.63) is 29.8 Å². The van der Waals surface area contributed by atoms with Crippen LogP contribution in [-0.2, 0) is 19.1 Å². The van der Waals surface area contributed by atoms with Gasteiger partial charge in [-0.15, -0.1) is 0 Å². The van der Waals surface area contributed by atoms with E-state index in [0.29, 0.717) is 39.3 Å². The number of methoxy groups -OCH3 is 1. The summed E-state index contributed by atoms with van der Waals surface area (Å²) in [7, 11) is 1.61. The Balaban J connectivity index is 1.46. The van der Waals surface area contributed by atoms with Crippen molar-refractivity contribution in [1.29, 1.82) is 0 Å². The molecule has 0 bridgehead atoms. The monoisotopic (exact) mass is 438 g/mol. The van der Waals surface area contributed by atoms with Crippen molar-refractivity contribution in [1.82, 2.24) is 15.1 Å². The van der Waals surface area contributed by atoms with E-state index >= 15 is 0 Å². The fraction of sp³-hybridized carbons (Fsp3) is 0.571. The quantitative estimate of drug-likeness (QED) is 0.602. The normalized spacial score (nSPS) is 19.7. The van der Waals surface area contributed by atoms with Gasteiger partial charge in [-0.1, -0.05) is 0 Å². The summed E-state index contributed by atoms with van der Waals surface area (Å²) >= 11 is 0. The number of benzene rings is 1. The van der Waals surface area contributed by atoms with E-state index in [1.165, 1.54) is 11.0 Å². The first-order chi connectivity index (χ1) is 14.9. The van der Waals surface area contributed by atoms with Crippen molar-refractivity contribution in [2.24, 2.45) is 5.92 Å². The zero-order chi connectivity index (χ0) is 22.4. The van der Waals surface area contributed by atoms with Gasteiger partial charge in [0.25, 0.3) is 0 Å². The predicted molar refractivity (Wildman–Crippen MR) is 109 cm³/mol. The fourth-order valence-corrected chi connectivity index (χ4v) is 3.89. The molecule has 170 valence electrons. The highest BCUT2D eigenvalue weighted by atomic mass is 19.1. The van der Waals surface area contributed by atoms with Gasteiger partial charge in [0.05, 0.1) is 18.2 Å². The molecule has 1 aromatic rings. The van der Waals surface area contributed by atoms with E-state index in [-0.39, 0.29) is 42.9 Å². The fourth-order valence-electron chi connectivity index (χ4n) is 3.89. The van der Waals surface area contributed by atoms with Crippen LogP contribution in [0.4, 0.5) is 14.5 Å². The van der Waals surface area contributed by atoms with E-state index in [2.05, 4.69) is 5.32 Å². The number of anilines is 1. The number of halogens is 2. The number of nitrogens with zero attached hydrogens (tertiary/aromatic N) is 3. The molecule has 0 aromatic heterocycles. The lowest BCUT2D eigenvalue weighted by Gasteiger charge is -2.35. The second-order valence-electron chi connectivity index (χ2n) is 7.80. The zero-order valence-corrected chi connectivity index (χ0v) is 17.6. The Labute approximate surface area is 180 Å². The lowest BCUT2D eigenvalue weighted by atomic mass is 10.1. The van der Waals surface area contributed by atoms with Crippen molar-refractivity contribution < 1.29 is 27.9 Å². The summed E-state index contributed by atoms with van der Waals surface area (Å²) in [6.07, 6.45) is 0.753. The third kappa shape index (κ3) is 5.98. The second-order valence-corrected chi connectivity index (χ2v) is 7.80. The third-order valence-electron chi connectivity index (χ3n) is 5.57. The number of amides is 3. The molecule has 2 saturated heterocycles. The lowest BCUT2D eigenvalue weighted by molar-refractivity contribution is -0.137. The molecule has 1 atom stereocenters. The van der Waals surface area contributed by atoms with Gasteiger partial charge in [0.15, 0.2) is 0 Å². The number of rotatable bonds is 8. The van der Waals surface area contributed by atoms with Crippen LogP contribution in [0.1, 0.15) is 12.8 Å². The van der Waals surface area contributed by atoms with E-state index < -0.39 is 17.6 Å². The number of piperazine rings is 1. The van der Waals surface area contributed by atoms with Gasteiger partial charge in [-0.3, -0.25) is 19.3 Å². The maximum Gasteiger partial charge on any atom is 0.234 e. The van der Waals surface area contributed by atoms with Crippen molar-refractivity contribution in [3.8, 4) is 0 Å². The molecule has 2 heterocycles. The minimum Gasteiger partial charge on any atom is -0.385 e. The van der Waals surface area contributed by atoms with Crippen molar-refractivity contribution >= 4 is 23.4 Å². The Kier molecular flexibility index (Phi) is 7.91. The summed E-state index contributed by atoms with van der Waals surface area (Å²) in [5, 5.41) is 2.84. The first-order valence-electron chi connectivity index (χ1n) is 10.4. The van der Waals surface area contributed by atoms with Crippen LogP contribution < -0.4 is 10.2 Å². The van der Waals surface area contributed by atoms with Gasteiger partial charge in [0.2, 0.25) is 17.7 Å². The van der Waals surface area contributed by atoms with Crippen LogP contribution in [0, 0.1) is 17.6 Å². The molecule has 31 heavy (non-hydrogen) atoms. The molecule has 2 aliphatic rings. The zero-order valence-electron chi connectivity index (χ0n) is 17.6. The van der Waals surface area contributed by atoms with Crippen molar-refractivity contribution in [2.45, 2.75) is 12.8 Å². The molecule has 0 saturated carbocycles. The van der Waals surface area contributed by atoms with Crippen LogP contribution in [0.2, 0.25) is 0 Å². The van der Waals surface area contributed by atoms with Crippen LogP contribution in [0.25, 0.3) is 0 Å². The van der Waals surface area contributed by atoms with E-state index in [4.69, 9.17) is 4.74 Å². The molecular weight excluding hydrogens is 410 g/mol. The summed E-state index contributed by atoms with van der Waals surface area (Å²) in [5.74, 6) is -2.67. The van der Waals surface area contributed by atoms with E-state index in [1.54, 1.807) is 12.0 Å². The maximum absolute atomic E-state index is 14.0. The SMILES string of the molecule is COCCCNC(=O)CN1CCN(C(=O)C2CC(=O)N(c3ccc(F)cc3F)C2)CC1. The van der Waals surface area contributed by atoms with Crippen LogP contribution >= 0.6 is 0 Å². The molecule has 8 nitrogen and oxygen atoms in total. The summed E-state index contributed by atoms with van der Waals surface area (Å²) in [6.45, 7) is 3.56. The minimum absolute atomic E-state index is 0.000254. The van der Waals surface area contributed by atoms with Gasteiger partial charge in [0, 0.05) is 65.5 Å². The maximum atomic E-state index is 14.0. The highest BCUT2D eigenvalue weighted by Gasteiger charge is 2.38. The van der Waals surface area contributed by atoms with Gasteiger partial charge >= 0.3 is 0 Å². The third-order valence-corrected chi connectivity index (χ3v) is 5.57. The first kappa shape index (κ1) is 23.1. The van der Waals surface area contributed by atoms with Crippen LogP contribution in [0.15, 0.2) is 18.2 Å². The first-order valence-corrected chi connectivity index (χ1v) is 10.4.